The van der Waals surface area contributed by atoms with Crippen LogP contribution in [0, 0.1) is 17.8 Å². The van der Waals surface area contributed by atoms with E-state index < -0.39 is 0 Å². The fourth-order valence-corrected chi connectivity index (χ4v) is 4.22. The predicted molar refractivity (Wildman–Crippen MR) is 78.0 cm³/mol. The molecule has 5 unspecified atom stereocenters. The number of aliphatic hydroxyl groups is 2. The first kappa shape index (κ1) is 15.3. The second-order valence-corrected chi connectivity index (χ2v) is 6.94. The summed E-state index contributed by atoms with van der Waals surface area (Å²) in [6, 6.07) is 0.539. The van der Waals surface area contributed by atoms with E-state index >= 15 is 0 Å². The number of hydrogen-bond donors (Lipinski definition) is 2. The zero-order chi connectivity index (χ0) is 13.8. The molecule has 0 aromatic rings. The van der Waals surface area contributed by atoms with Crippen molar-refractivity contribution in [3.05, 3.63) is 0 Å². The van der Waals surface area contributed by atoms with E-state index in [4.69, 9.17) is 0 Å². The van der Waals surface area contributed by atoms with Crippen LogP contribution in [0.15, 0.2) is 0 Å². The van der Waals surface area contributed by atoms with E-state index in [2.05, 4.69) is 18.7 Å². The summed E-state index contributed by atoms with van der Waals surface area (Å²) in [6.07, 6.45) is 6.77. The molecule has 0 aromatic heterocycles. The van der Waals surface area contributed by atoms with Crippen LogP contribution in [0.4, 0.5) is 0 Å². The Bertz CT molecular complexity index is 257. The Kier molecular flexibility index (Phi) is 5.67. The smallest absolute Gasteiger partial charge is 0.0585 e. The average molecular weight is 269 g/mol. The Balaban J connectivity index is 1.93. The maximum Gasteiger partial charge on any atom is 0.0585 e. The van der Waals surface area contributed by atoms with Crippen LogP contribution in [0.25, 0.3) is 0 Å². The van der Waals surface area contributed by atoms with Gasteiger partial charge in [-0.1, -0.05) is 20.3 Å². The summed E-state index contributed by atoms with van der Waals surface area (Å²) in [6.45, 7) is 7.02. The molecule has 2 rings (SSSR count). The van der Waals surface area contributed by atoms with Crippen molar-refractivity contribution in [3.8, 4) is 0 Å². The summed E-state index contributed by atoms with van der Waals surface area (Å²) < 4.78 is 0. The number of hydrogen-bond acceptors (Lipinski definition) is 3. The highest BCUT2D eigenvalue weighted by molar-refractivity contribution is 4.87. The Morgan fingerprint density at radius 3 is 2.63 bits per heavy atom. The van der Waals surface area contributed by atoms with Crippen LogP contribution in [-0.4, -0.2) is 47.0 Å². The van der Waals surface area contributed by atoms with Gasteiger partial charge in [-0.2, -0.15) is 0 Å². The molecule has 19 heavy (non-hydrogen) atoms. The van der Waals surface area contributed by atoms with Crippen LogP contribution in [0.2, 0.25) is 0 Å². The topological polar surface area (TPSA) is 43.7 Å². The minimum atomic E-state index is -0.129. The molecule has 1 heterocycles. The monoisotopic (exact) mass is 269 g/mol. The van der Waals surface area contributed by atoms with Gasteiger partial charge in [0.2, 0.25) is 0 Å². The van der Waals surface area contributed by atoms with E-state index in [1.54, 1.807) is 0 Å². The van der Waals surface area contributed by atoms with Gasteiger partial charge >= 0.3 is 0 Å². The standard InChI is InChI=1S/C16H31NO2/c1-12-9-13(2)15(16(19)10-12)11-17-7-4-3-5-14(17)6-8-18/h12-16,18-19H,3-11H2,1-2H3. The fourth-order valence-electron chi connectivity index (χ4n) is 4.22. The lowest BCUT2D eigenvalue weighted by Crippen LogP contribution is -2.48. The van der Waals surface area contributed by atoms with Crippen LogP contribution in [0.3, 0.4) is 0 Å². The third-order valence-corrected chi connectivity index (χ3v) is 5.30. The first-order chi connectivity index (χ1) is 9.11. The van der Waals surface area contributed by atoms with Gasteiger partial charge < -0.3 is 10.2 Å². The van der Waals surface area contributed by atoms with Gasteiger partial charge in [-0.05, 0) is 50.5 Å². The summed E-state index contributed by atoms with van der Waals surface area (Å²) >= 11 is 0. The van der Waals surface area contributed by atoms with Gasteiger partial charge in [0.15, 0.2) is 0 Å². The lowest BCUT2D eigenvalue weighted by atomic mass is 9.73. The molecule has 0 radical (unpaired) electrons. The van der Waals surface area contributed by atoms with Gasteiger partial charge in [-0.3, -0.25) is 4.90 Å². The number of aliphatic hydroxyl groups excluding tert-OH is 2. The van der Waals surface area contributed by atoms with Crippen molar-refractivity contribution in [1.82, 2.24) is 4.90 Å². The van der Waals surface area contributed by atoms with E-state index in [9.17, 15) is 10.2 Å². The van der Waals surface area contributed by atoms with Gasteiger partial charge in [0, 0.05) is 25.1 Å². The minimum absolute atomic E-state index is 0.129. The summed E-state index contributed by atoms with van der Waals surface area (Å²) in [4.78, 5) is 2.54. The van der Waals surface area contributed by atoms with Gasteiger partial charge in [-0.15, -0.1) is 0 Å². The summed E-state index contributed by atoms with van der Waals surface area (Å²) in [5.74, 6) is 1.71. The largest absolute Gasteiger partial charge is 0.396 e. The number of likely N-dealkylation sites (tertiary alicyclic amines) is 1. The average Bonchev–Trinajstić information content (AvgIpc) is 2.36. The molecule has 0 bridgehead atoms. The van der Waals surface area contributed by atoms with Crippen LogP contribution >= 0.6 is 0 Å². The van der Waals surface area contributed by atoms with Crippen molar-refractivity contribution < 1.29 is 10.2 Å². The Morgan fingerprint density at radius 1 is 1.16 bits per heavy atom. The van der Waals surface area contributed by atoms with Crippen LogP contribution in [0.5, 0.6) is 0 Å². The third kappa shape index (κ3) is 3.93. The molecule has 2 aliphatic rings. The zero-order valence-corrected chi connectivity index (χ0v) is 12.6. The van der Waals surface area contributed by atoms with Gasteiger partial charge in [-0.25, -0.2) is 0 Å². The second-order valence-electron chi connectivity index (χ2n) is 6.94. The molecule has 1 aliphatic heterocycles. The van der Waals surface area contributed by atoms with Crippen LogP contribution < -0.4 is 0 Å². The van der Waals surface area contributed by atoms with Gasteiger partial charge in [0.1, 0.15) is 0 Å². The van der Waals surface area contributed by atoms with Gasteiger partial charge in [0.05, 0.1) is 6.10 Å². The molecule has 1 saturated heterocycles. The maximum atomic E-state index is 10.4. The van der Waals surface area contributed by atoms with E-state index in [0.29, 0.717) is 30.4 Å². The van der Waals surface area contributed by atoms with Gasteiger partial charge in [0.25, 0.3) is 0 Å². The summed E-state index contributed by atoms with van der Waals surface area (Å²) in [5, 5.41) is 19.6. The number of rotatable bonds is 4. The van der Waals surface area contributed by atoms with Crippen LogP contribution in [-0.2, 0) is 0 Å². The van der Waals surface area contributed by atoms with E-state index in [-0.39, 0.29) is 6.10 Å². The van der Waals surface area contributed by atoms with Crippen molar-refractivity contribution in [2.24, 2.45) is 17.8 Å². The lowest BCUT2D eigenvalue weighted by Gasteiger charge is -2.43. The predicted octanol–water partition coefficient (Wildman–Crippen LogP) is 2.27. The first-order valence-electron chi connectivity index (χ1n) is 8.14. The Labute approximate surface area is 118 Å². The molecule has 5 atom stereocenters. The molecule has 2 fully saturated rings. The van der Waals surface area contributed by atoms with Crippen molar-refractivity contribution >= 4 is 0 Å². The molecule has 1 aliphatic carbocycles. The minimum Gasteiger partial charge on any atom is -0.396 e. The molecule has 0 aromatic carbocycles. The molecule has 1 saturated carbocycles. The SMILES string of the molecule is CC1CC(C)C(CN2CCCCC2CCO)C(O)C1. The molecule has 3 heteroatoms. The summed E-state index contributed by atoms with van der Waals surface area (Å²) in [7, 11) is 0. The van der Waals surface area contributed by atoms with Crippen molar-refractivity contribution in [2.45, 2.75) is 64.5 Å². The molecule has 0 spiro atoms. The first-order valence-corrected chi connectivity index (χ1v) is 8.14. The second kappa shape index (κ2) is 7.05. The zero-order valence-electron chi connectivity index (χ0n) is 12.6. The Hall–Kier alpha value is -0.120. The van der Waals surface area contributed by atoms with Crippen molar-refractivity contribution in [2.75, 3.05) is 19.7 Å². The molecule has 2 N–H and O–H groups in total. The highest BCUT2D eigenvalue weighted by atomic mass is 16.3. The Morgan fingerprint density at radius 2 is 1.95 bits per heavy atom. The van der Waals surface area contributed by atoms with Crippen molar-refractivity contribution in [1.29, 1.82) is 0 Å². The molecular weight excluding hydrogens is 238 g/mol. The quantitative estimate of drug-likeness (QED) is 0.823. The van der Waals surface area contributed by atoms with E-state index in [0.717, 1.165) is 25.9 Å². The fraction of sp³-hybridized carbons (Fsp3) is 1.00. The van der Waals surface area contributed by atoms with E-state index in [1.807, 2.05) is 0 Å². The number of piperidine rings is 1. The third-order valence-electron chi connectivity index (χ3n) is 5.30. The summed E-state index contributed by atoms with van der Waals surface area (Å²) in [5.41, 5.74) is 0. The highest BCUT2D eigenvalue weighted by Crippen LogP contribution is 2.35. The maximum absolute atomic E-state index is 10.4. The van der Waals surface area contributed by atoms with E-state index in [1.165, 1.54) is 25.7 Å². The normalized spacial score (nSPS) is 41.4. The van der Waals surface area contributed by atoms with Crippen molar-refractivity contribution in [3.63, 3.8) is 0 Å². The van der Waals surface area contributed by atoms with Crippen LogP contribution in [0.1, 0.15) is 52.4 Å². The lowest BCUT2D eigenvalue weighted by molar-refractivity contribution is -0.0165. The molecular formula is C16H31NO2. The highest BCUT2D eigenvalue weighted by Gasteiger charge is 2.35. The number of nitrogens with zero attached hydrogens (tertiary/aromatic N) is 1. The molecule has 0 amide bonds. The molecule has 3 nitrogen and oxygen atoms in total. The molecule has 112 valence electrons.